The van der Waals surface area contributed by atoms with Gasteiger partial charge in [-0.1, -0.05) is 29.8 Å². The average Bonchev–Trinajstić information content (AvgIpc) is 3.02. The molecule has 1 saturated heterocycles. The zero-order valence-electron chi connectivity index (χ0n) is 14.2. The van der Waals surface area contributed by atoms with E-state index in [0.717, 1.165) is 35.1 Å². The van der Waals surface area contributed by atoms with Crippen LogP contribution >= 0.6 is 11.6 Å². The summed E-state index contributed by atoms with van der Waals surface area (Å²) in [6, 6.07) is 11.1. The van der Waals surface area contributed by atoms with Gasteiger partial charge in [0.2, 0.25) is 10.0 Å². The Bertz CT molecular complexity index is 860. The largest absolute Gasteiger partial charge is 0.243 e. The van der Waals surface area contributed by atoms with Gasteiger partial charge in [-0.25, -0.2) is 8.42 Å². The lowest BCUT2D eigenvalue weighted by atomic mass is 10.1. The van der Waals surface area contributed by atoms with Crippen molar-refractivity contribution in [3.8, 4) is 0 Å². The van der Waals surface area contributed by atoms with E-state index in [2.05, 4.69) is 0 Å². The quantitative estimate of drug-likeness (QED) is 0.786. The van der Waals surface area contributed by atoms with E-state index in [1.807, 2.05) is 51.1 Å². The van der Waals surface area contributed by atoms with Gasteiger partial charge in [-0.2, -0.15) is 4.31 Å². The Kier molecular flexibility index (Phi) is 4.73. The Morgan fingerprint density at radius 2 is 1.62 bits per heavy atom. The molecule has 0 aromatic heterocycles. The van der Waals surface area contributed by atoms with Crippen molar-refractivity contribution in [2.75, 3.05) is 6.54 Å². The van der Waals surface area contributed by atoms with Gasteiger partial charge in [0.05, 0.1) is 10.9 Å². The lowest BCUT2D eigenvalue weighted by Crippen LogP contribution is -2.31. The third-order valence-electron chi connectivity index (χ3n) is 4.84. The van der Waals surface area contributed by atoms with E-state index in [1.165, 1.54) is 0 Å². The van der Waals surface area contributed by atoms with E-state index in [9.17, 15) is 8.42 Å². The van der Waals surface area contributed by atoms with Gasteiger partial charge in [-0.15, -0.1) is 0 Å². The van der Waals surface area contributed by atoms with E-state index in [0.29, 0.717) is 16.5 Å². The number of benzene rings is 2. The molecule has 0 bridgehead atoms. The monoisotopic (exact) mass is 363 g/mol. The molecule has 0 spiro atoms. The zero-order chi connectivity index (χ0) is 17.5. The maximum atomic E-state index is 13.3. The first kappa shape index (κ1) is 17.5. The third kappa shape index (κ3) is 3.10. The van der Waals surface area contributed by atoms with E-state index in [-0.39, 0.29) is 6.04 Å². The van der Waals surface area contributed by atoms with Crippen LogP contribution in [0.1, 0.15) is 41.1 Å². The summed E-state index contributed by atoms with van der Waals surface area (Å²) in [7, 11) is -3.52. The Morgan fingerprint density at radius 3 is 2.29 bits per heavy atom. The van der Waals surface area contributed by atoms with Crippen LogP contribution in [0.15, 0.2) is 41.3 Å². The van der Waals surface area contributed by atoms with Gasteiger partial charge >= 0.3 is 0 Å². The van der Waals surface area contributed by atoms with E-state index in [1.54, 1.807) is 10.4 Å². The number of hydrogen-bond donors (Lipinski definition) is 0. The molecular formula is C19H22ClNO2S. The minimum absolute atomic E-state index is 0.117. The molecule has 1 fully saturated rings. The zero-order valence-corrected chi connectivity index (χ0v) is 15.8. The fraction of sp³-hybridized carbons (Fsp3) is 0.368. The highest BCUT2D eigenvalue weighted by molar-refractivity contribution is 7.89. The maximum absolute atomic E-state index is 13.3. The van der Waals surface area contributed by atoms with Gasteiger partial charge in [-0.3, -0.25) is 0 Å². The Balaban J connectivity index is 2.02. The van der Waals surface area contributed by atoms with Gasteiger partial charge in [0.1, 0.15) is 0 Å². The van der Waals surface area contributed by atoms with Gasteiger partial charge in [0, 0.05) is 11.6 Å². The van der Waals surface area contributed by atoms with Crippen molar-refractivity contribution in [1.29, 1.82) is 0 Å². The van der Waals surface area contributed by atoms with Crippen molar-refractivity contribution in [3.63, 3.8) is 0 Å². The van der Waals surface area contributed by atoms with Crippen LogP contribution in [-0.2, 0) is 10.0 Å². The molecule has 2 aromatic rings. The molecule has 3 rings (SSSR count). The molecular weight excluding hydrogens is 342 g/mol. The Hall–Kier alpha value is -1.36. The fourth-order valence-electron chi connectivity index (χ4n) is 3.38. The van der Waals surface area contributed by atoms with Crippen LogP contribution in [0.2, 0.25) is 5.02 Å². The molecule has 0 aliphatic carbocycles. The summed E-state index contributed by atoms with van der Waals surface area (Å²) in [5.74, 6) is 0. The van der Waals surface area contributed by atoms with Crippen molar-refractivity contribution in [1.82, 2.24) is 4.31 Å². The molecule has 5 heteroatoms. The van der Waals surface area contributed by atoms with Gasteiger partial charge in [0.15, 0.2) is 0 Å². The lowest BCUT2D eigenvalue weighted by molar-refractivity contribution is 0.396. The van der Waals surface area contributed by atoms with Crippen molar-refractivity contribution >= 4 is 21.6 Å². The molecule has 1 atom stereocenters. The second-order valence-electron chi connectivity index (χ2n) is 6.53. The van der Waals surface area contributed by atoms with Crippen LogP contribution < -0.4 is 0 Å². The maximum Gasteiger partial charge on any atom is 0.243 e. The first-order valence-electron chi connectivity index (χ1n) is 8.16. The summed E-state index contributed by atoms with van der Waals surface area (Å²) in [6.07, 6.45) is 1.71. The van der Waals surface area contributed by atoms with Crippen LogP contribution in [0.25, 0.3) is 0 Å². The minimum atomic E-state index is -3.52. The van der Waals surface area contributed by atoms with Gasteiger partial charge in [0.25, 0.3) is 0 Å². The van der Waals surface area contributed by atoms with E-state index in [4.69, 9.17) is 11.6 Å². The Morgan fingerprint density at radius 1 is 1.00 bits per heavy atom. The molecule has 1 aliphatic heterocycles. The average molecular weight is 364 g/mol. The number of nitrogens with zero attached hydrogens (tertiary/aromatic N) is 1. The first-order chi connectivity index (χ1) is 11.3. The van der Waals surface area contributed by atoms with Gasteiger partial charge in [-0.05, 0) is 74.1 Å². The standard InChI is InChI=1S/C19H22ClNO2S/c1-13-11-15(3)19(12-14(13)2)24(22,23)21-10-4-5-18(21)16-6-8-17(20)9-7-16/h6-9,11-12,18H,4-5,10H2,1-3H3/t18-/m0/s1. The molecule has 2 aromatic carbocycles. The van der Waals surface area contributed by atoms with E-state index >= 15 is 0 Å². The fourth-order valence-corrected chi connectivity index (χ4v) is 5.49. The molecule has 0 unspecified atom stereocenters. The second kappa shape index (κ2) is 6.51. The number of hydrogen-bond acceptors (Lipinski definition) is 2. The summed E-state index contributed by atoms with van der Waals surface area (Å²) in [4.78, 5) is 0.423. The van der Waals surface area contributed by atoms with Crippen molar-refractivity contribution < 1.29 is 8.42 Å². The van der Waals surface area contributed by atoms with Crippen LogP contribution in [0.5, 0.6) is 0 Å². The number of halogens is 1. The molecule has 1 aliphatic rings. The molecule has 0 radical (unpaired) electrons. The summed E-state index contributed by atoms with van der Waals surface area (Å²) in [6.45, 7) is 6.38. The molecule has 0 N–H and O–H groups in total. The summed E-state index contributed by atoms with van der Waals surface area (Å²) < 4.78 is 28.2. The van der Waals surface area contributed by atoms with Crippen LogP contribution in [0.4, 0.5) is 0 Å². The SMILES string of the molecule is Cc1cc(C)c(S(=O)(=O)N2CCC[C@H]2c2ccc(Cl)cc2)cc1C. The smallest absolute Gasteiger partial charge is 0.207 e. The highest BCUT2D eigenvalue weighted by Crippen LogP contribution is 2.37. The molecule has 24 heavy (non-hydrogen) atoms. The summed E-state index contributed by atoms with van der Waals surface area (Å²) in [5.41, 5.74) is 3.92. The number of rotatable bonds is 3. The highest BCUT2D eigenvalue weighted by atomic mass is 35.5. The number of aryl methyl sites for hydroxylation is 3. The van der Waals surface area contributed by atoms with Crippen molar-refractivity contribution in [2.24, 2.45) is 0 Å². The van der Waals surface area contributed by atoms with Crippen LogP contribution in [-0.4, -0.2) is 19.3 Å². The second-order valence-corrected chi connectivity index (χ2v) is 8.82. The van der Waals surface area contributed by atoms with E-state index < -0.39 is 10.0 Å². The Labute approximate surface area is 149 Å². The number of sulfonamides is 1. The topological polar surface area (TPSA) is 37.4 Å². The minimum Gasteiger partial charge on any atom is -0.207 e. The highest BCUT2D eigenvalue weighted by Gasteiger charge is 2.36. The predicted molar refractivity (Wildman–Crippen MR) is 98.0 cm³/mol. The van der Waals surface area contributed by atoms with Crippen LogP contribution in [0.3, 0.4) is 0 Å². The van der Waals surface area contributed by atoms with Crippen molar-refractivity contribution in [3.05, 3.63) is 63.7 Å². The van der Waals surface area contributed by atoms with Crippen molar-refractivity contribution in [2.45, 2.75) is 44.6 Å². The molecule has 0 saturated carbocycles. The third-order valence-corrected chi connectivity index (χ3v) is 7.14. The lowest BCUT2D eigenvalue weighted by Gasteiger charge is -2.25. The summed E-state index contributed by atoms with van der Waals surface area (Å²) >= 11 is 5.96. The predicted octanol–water partition coefficient (Wildman–Crippen LogP) is 4.79. The molecule has 128 valence electrons. The van der Waals surface area contributed by atoms with Crippen LogP contribution in [0, 0.1) is 20.8 Å². The molecule has 0 amide bonds. The normalized spacial score (nSPS) is 18.9. The molecule has 1 heterocycles. The first-order valence-corrected chi connectivity index (χ1v) is 9.97. The molecule has 3 nitrogen and oxygen atoms in total. The van der Waals surface area contributed by atoms with Gasteiger partial charge < -0.3 is 0 Å². The summed E-state index contributed by atoms with van der Waals surface area (Å²) in [5, 5.41) is 0.663.